The second kappa shape index (κ2) is 43.1. The number of Topliss-reactive ketones (excluding diaryl/α,β-unsaturated/α-hetero) is 2. The average molecular weight is 807 g/mol. The van der Waals surface area contributed by atoms with Gasteiger partial charge in [-0.2, -0.15) is 0 Å². The highest BCUT2D eigenvalue weighted by Gasteiger charge is 2.25. The Labute approximate surface area is 360 Å². The van der Waals surface area contributed by atoms with E-state index in [0.717, 1.165) is 50.5 Å². The third-order valence-corrected chi connectivity index (χ3v) is 8.23. The van der Waals surface area contributed by atoms with E-state index < -0.39 is 0 Å². The molecular weight excluding hydrogens is 701 g/mol. The molecule has 0 saturated carbocycles. The summed E-state index contributed by atoms with van der Waals surface area (Å²) in [5.41, 5.74) is 2.95. The van der Waals surface area contributed by atoms with E-state index in [2.05, 4.69) is 150 Å². The molecule has 0 saturated heterocycles. The Balaban J connectivity index is -0.000000117. The van der Waals surface area contributed by atoms with Gasteiger partial charge in [0.15, 0.2) is 5.78 Å². The largest absolute Gasteiger partial charge is 0.372 e. The molecule has 57 heavy (non-hydrogen) atoms. The highest BCUT2D eigenvalue weighted by molar-refractivity contribution is 5.93. The molecule has 4 N–H and O–H groups in total. The molecule has 0 spiro atoms. The summed E-state index contributed by atoms with van der Waals surface area (Å²) < 4.78 is 0. The number of hydrogen-bond donors (Lipinski definition) is 4. The number of ketones is 2. The van der Waals surface area contributed by atoms with E-state index in [9.17, 15) is 9.59 Å². The lowest BCUT2D eigenvalue weighted by Crippen LogP contribution is -2.43. The van der Waals surface area contributed by atoms with Crippen LogP contribution in [0.3, 0.4) is 0 Å². The first-order chi connectivity index (χ1) is 26.1. The second-order valence-electron chi connectivity index (χ2n) is 18.1. The summed E-state index contributed by atoms with van der Waals surface area (Å²) in [7, 11) is 3.75. The minimum absolute atomic E-state index is 0.0813. The van der Waals surface area contributed by atoms with Crippen molar-refractivity contribution in [3.63, 3.8) is 0 Å². The van der Waals surface area contributed by atoms with Crippen molar-refractivity contribution in [2.75, 3.05) is 27.2 Å². The van der Waals surface area contributed by atoms with E-state index in [0.29, 0.717) is 47.0 Å². The lowest BCUT2D eigenvalue weighted by atomic mass is 9.75. The predicted octanol–water partition coefficient (Wildman–Crippen LogP) is 14.1. The Bertz CT molecular complexity index is 986. The molecule has 0 aromatic carbocycles. The summed E-state index contributed by atoms with van der Waals surface area (Å²) in [6.07, 6.45) is 11.5. The van der Waals surface area contributed by atoms with E-state index in [-0.39, 0.29) is 17.2 Å². The molecule has 3 unspecified atom stereocenters. The first kappa shape index (κ1) is 69.2. The first-order valence-corrected chi connectivity index (χ1v) is 22.2. The van der Waals surface area contributed by atoms with Crippen LogP contribution in [0.4, 0.5) is 0 Å². The SMILES string of the molecule is C=C(C(C)=O)C(CCC)NC.C=C(C)CC(NC(=C)NCCCC(=O)CC)C(C)(C)C.C=CC(C)C[C@H](CC)C(C)(C)C.C=CCNC.CC.CC.CC(C)(C)C. The van der Waals surface area contributed by atoms with Gasteiger partial charge in [0.05, 0.1) is 5.82 Å². The van der Waals surface area contributed by atoms with Gasteiger partial charge in [-0.05, 0) is 81.7 Å². The van der Waals surface area contributed by atoms with Crippen LogP contribution < -0.4 is 21.3 Å². The van der Waals surface area contributed by atoms with Crippen LogP contribution in [0.15, 0.2) is 62.0 Å². The zero-order valence-corrected chi connectivity index (χ0v) is 42.9. The van der Waals surface area contributed by atoms with Crippen molar-refractivity contribution in [3.05, 3.63) is 62.0 Å². The minimum Gasteiger partial charge on any atom is -0.372 e. The van der Waals surface area contributed by atoms with E-state index in [4.69, 9.17) is 0 Å². The molecule has 0 aliphatic heterocycles. The molecule has 0 aliphatic carbocycles. The Hall–Kier alpha value is -2.44. The zero-order valence-electron chi connectivity index (χ0n) is 42.9. The van der Waals surface area contributed by atoms with Crippen molar-refractivity contribution < 1.29 is 9.59 Å². The van der Waals surface area contributed by atoms with Crippen molar-refractivity contribution in [1.82, 2.24) is 21.3 Å². The van der Waals surface area contributed by atoms with Gasteiger partial charge in [-0.15, -0.1) is 19.7 Å². The monoisotopic (exact) mass is 807 g/mol. The molecule has 342 valence electrons. The van der Waals surface area contributed by atoms with Crippen LogP contribution in [0.1, 0.15) is 190 Å². The lowest BCUT2D eigenvalue weighted by Gasteiger charge is -2.33. The molecule has 6 nitrogen and oxygen atoms in total. The number of carbonyl (C=O) groups is 2. The third-order valence-electron chi connectivity index (χ3n) is 8.23. The van der Waals surface area contributed by atoms with E-state index in [1.165, 1.54) is 18.4 Å². The quantitative estimate of drug-likeness (QED) is 0.0525. The summed E-state index contributed by atoms with van der Waals surface area (Å²) >= 11 is 0. The molecule has 6 heteroatoms. The summed E-state index contributed by atoms with van der Waals surface area (Å²) in [5.74, 6) is 2.72. The maximum atomic E-state index is 11.2. The van der Waals surface area contributed by atoms with Crippen molar-refractivity contribution in [3.8, 4) is 0 Å². The van der Waals surface area contributed by atoms with Crippen molar-refractivity contribution in [2.24, 2.45) is 28.1 Å². The Morgan fingerprint density at radius 3 is 1.53 bits per heavy atom. The number of allylic oxidation sites excluding steroid dienone is 1. The van der Waals surface area contributed by atoms with Crippen molar-refractivity contribution >= 4 is 11.6 Å². The van der Waals surface area contributed by atoms with Gasteiger partial charge in [-0.3, -0.25) is 9.59 Å². The van der Waals surface area contributed by atoms with Crippen LogP contribution in [0.5, 0.6) is 0 Å². The Morgan fingerprint density at radius 2 is 1.26 bits per heavy atom. The molecule has 0 rings (SSSR count). The zero-order chi connectivity index (χ0) is 47.0. The molecule has 0 aliphatic rings. The molecule has 0 amide bonds. The number of likely N-dealkylation sites (N-methyl/N-ethyl adjacent to an activating group) is 2. The van der Waals surface area contributed by atoms with Crippen LogP contribution in [-0.2, 0) is 9.59 Å². The van der Waals surface area contributed by atoms with Gasteiger partial charge >= 0.3 is 0 Å². The van der Waals surface area contributed by atoms with Crippen molar-refractivity contribution in [2.45, 2.75) is 202 Å². The maximum Gasteiger partial charge on any atom is 0.156 e. The topological polar surface area (TPSA) is 82.3 Å². The van der Waals surface area contributed by atoms with Gasteiger partial charge in [0.1, 0.15) is 5.78 Å². The van der Waals surface area contributed by atoms with Crippen LogP contribution in [0, 0.1) is 28.1 Å². The highest BCUT2D eigenvalue weighted by Crippen LogP contribution is 2.33. The highest BCUT2D eigenvalue weighted by atomic mass is 16.1. The smallest absolute Gasteiger partial charge is 0.156 e. The molecule has 0 aromatic heterocycles. The normalized spacial score (nSPS) is 12.4. The lowest BCUT2D eigenvalue weighted by molar-refractivity contribution is -0.118. The van der Waals surface area contributed by atoms with Gasteiger partial charge in [-0.25, -0.2) is 0 Å². The third kappa shape index (κ3) is 58.0. The second-order valence-corrected chi connectivity index (χ2v) is 18.1. The molecule has 0 bridgehead atoms. The minimum atomic E-state index is 0.0813. The van der Waals surface area contributed by atoms with Gasteiger partial charge in [0.2, 0.25) is 0 Å². The molecular formula is C51H106N4O2. The fourth-order valence-corrected chi connectivity index (χ4v) is 4.73. The van der Waals surface area contributed by atoms with E-state index >= 15 is 0 Å². The predicted molar refractivity (Wildman–Crippen MR) is 264 cm³/mol. The van der Waals surface area contributed by atoms with Crippen LogP contribution in [0.2, 0.25) is 0 Å². The summed E-state index contributed by atoms with van der Waals surface area (Å²) in [4.78, 5) is 22.1. The maximum absolute atomic E-state index is 11.2. The summed E-state index contributed by atoms with van der Waals surface area (Å²) in [6, 6.07) is 0.467. The Morgan fingerprint density at radius 1 is 0.789 bits per heavy atom. The molecule has 0 radical (unpaired) electrons. The Kier molecular flexibility index (Phi) is 52.4. The van der Waals surface area contributed by atoms with Gasteiger partial charge < -0.3 is 21.3 Å². The number of nitrogens with one attached hydrogen (secondary N) is 4. The number of carbonyl (C=O) groups excluding carboxylic acids is 2. The fourth-order valence-electron chi connectivity index (χ4n) is 4.73. The average Bonchev–Trinajstić information content (AvgIpc) is 3.11. The fraction of sp³-hybridized carbons (Fsp3) is 0.765. The van der Waals surface area contributed by atoms with Gasteiger partial charge in [-0.1, -0.05) is 168 Å². The van der Waals surface area contributed by atoms with E-state index in [1.807, 2.05) is 61.7 Å². The van der Waals surface area contributed by atoms with Gasteiger partial charge in [0, 0.05) is 43.6 Å². The van der Waals surface area contributed by atoms with E-state index in [1.54, 1.807) is 6.92 Å². The summed E-state index contributed by atoms with van der Waals surface area (Å²) in [5, 5.41) is 12.7. The molecule has 0 aromatic rings. The summed E-state index contributed by atoms with van der Waals surface area (Å²) in [6.45, 7) is 63.2. The van der Waals surface area contributed by atoms with Crippen molar-refractivity contribution in [1.29, 1.82) is 0 Å². The van der Waals surface area contributed by atoms with Gasteiger partial charge in [0.25, 0.3) is 0 Å². The van der Waals surface area contributed by atoms with Crippen LogP contribution >= 0.6 is 0 Å². The molecule has 4 atom stereocenters. The van der Waals surface area contributed by atoms with Crippen LogP contribution in [-0.4, -0.2) is 50.8 Å². The molecule has 0 fully saturated rings. The van der Waals surface area contributed by atoms with Crippen LogP contribution in [0.25, 0.3) is 0 Å². The standard InChI is InChI=1S/C17H32N2O.C12H24.C9H17NO.C5H12.C4H9N.2C2H6/c1-8-15(20)10-9-11-18-14(4)19-16(12-13(2)3)17(5,6)7;1-7-10(3)9-11(8-2)12(4,5)6;1-5-6-9(10-4)7(2)8(3)11;1-5(2,3)4;1-3-4-5-2;2*1-2/h16,18-19H,2,4,8-12H2,1,3,5-7H3;7,10-11H,1,8-9H2,2-6H3;9-10H,2,5-6H2,1,3-4H3;1-4H3;3,5H,1,4H2,2H3;2*1-2H3/t;10?,11-;;;;;/m.0...../s1. The molecule has 0 heterocycles. The first-order valence-electron chi connectivity index (χ1n) is 22.2. The number of hydrogen-bond acceptors (Lipinski definition) is 6. The number of rotatable bonds is 21.